The van der Waals surface area contributed by atoms with Crippen molar-refractivity contribution in [3.63, 3.8) is 0 Å². The first-order chi connectivity index (χ1) is 6.38. The summed E-state index contributed by atoms with van der Waals surface area (Å²) in [4.78, 5) is 21.0. The van der Waals surface area contributed by atoms with Crippen molar-refractivity contribution in [2.24, 2.45) is 11.5 Å². The van der Waals surface area contributed by atoms with Crippen molar-refractivity contribution in [1.29, 1.82) is 0 Å². The van der Waals surface area contributed by atoms with Gasteiger partial charge in [0.25, 0.3) is 0 Å². The van der Waals surface area contributed by atoms with Crippen LogP contribution in [0.5, 0.6) is 0 Å². The van der Waals surface area contributed by atoms with Crippen molar-refractivity contribution in [1.82, 2.24) is 0 Å². The summed E-state index contributed by atoms with van der Waals surface area (Å²) in [7, 11) is 0. The number of Topliss-reactive ketones (excluding diaryl/α,β-unsaturated/α-hetero) is 1. The molecular weight excluding hydrogens is 186 g/mol. The normalized spacial score (nSPS) is 31.1. The van der Waals surface area contributed by atoms with Crippen LogP contribution >= 0.6 is 0 Å². The van der Waals surface area contributed by atoms with Crippen LogP contribution in [0.3, 0.4) is 0 Å². The first-order valence-electron chi connectivity index (χ1n) is 3.99. The van der Waals surface area contributed by atoms with Crippen molar-refractivity contribution < 1.29 is 9.72 Å². The van der Waals surface area contributed by atoms with Crippen LogP contribution in [-0.2, 0) is 4.79 Å². The topological polar surface area (TPSA) is 112 Å². The number of nitro groups is 1. The van der Waals surface area contributed by atoms with Crippen molar-refractivity contribution in [2.45, 2.75) is 18.6 Å². The molecule has 0 aromatic rings. The number of rotatable bonds is 2. The van der Waals surface area contributed by atoms with Gasteiger partial charge in [-0.3, -0.25) is 20.6 Å². The van der Waals surface area contributed by atoms with Gasteiger partial charge in [-0.05, 0) is 6.92 Å². The summed E-state index contributed by atoms with van der Waals surface area (Å²) in [6.45, 7) is 1.31. The molecule has 0 saturated carbocycles. The maximum atomic E-state index is 11.0. The van der Waals surface area contributed by atoms with E-state index in [1.165, 1.54) is 19.1 Å². The van der Waals surface area contributed by atoms with Gasteiger partial charge < -0.3 is 5.73 Å². The van der Waals surface area contributed by atoms with Gasteiger partial charge >= 0.3 is 5.66 Å². The number of carbonyl (C=O) groups excluding carboxylic acids is 1. The molecule has 1 aliphatic carbocycles. The van der Waals surface area contributed by atoms with Crippen LogP contribution < -0.4 is 11.5 Å². The smallest absolute Gasteiger partial charge is 0.310 e. The lowest BCUT2D eigenvalue weighted by Gasteiger charge is -2.24. The molecule has 1 rings (SSSR count). The Labute approximate surface area is 80.4 Å². The van der Waals surface area contributed by atoms with Gasteiger partial charge in [0.1, 0.15) is 6.04 Å². The van der Waals surface area contributed by atoms with Gasteiger partial charge in [-0.2, -0.15) is 0 Å². The lowest BCUT2D eigenvalue weighted by Crippen LogP contribution is -2.59. The van der Waals surface area contributed by atoms with E-state index in [0.717, 1.165) is 6.08 Å². The highest BCUT2D eigenvalue weighted by Crippen LogP contribution is 2.19. The van der Waals surface area contributed by atoms with E-state index in [2.05, 4.69) is 0 Å². The van der Waals surface area contributed by atoms with Crippen molar-refractivity contribution in [3.05, 3.63) is 33.9 Å². The molecule has 0 aromatic carbocycles. The number of carbonyl (C=O) groups is 1. The minimum Gasteiger partial charge on any atom is -0.317 e. The lowest BCUT2D eigenvalue weighted by molar-refractivity contribution is -0.555. The van der Waals surface area contributed by atoms with Crippen LogP contribution in [0, 0.1) is 10.1 Å². The average Bonchev–Trinajstić information content (AvgIpc) is 2.09. The second-order valence-corrected chi connectivity index (χ2v) is 3.19. The van der Waals surface area contributed by atoms with Gasteiger partial charge in [0.15, 0.2) is 5.78 Å². The zero-order valence-corrected chi connectivity index (χ0v) is 7.64. The monoisotopic (exact) mass is 197 g/mol. The largest absolute Gasteiger partial charge is 0.317 e. The average molecular weight is 197 g/mol. The van der Waals surface area contributed by atoms with Crippen molar-refractivity contribution >= 4 is 5.78 Å². The first-order valence-corrected chi connectivity index (χ1v) is 3.99. The summed E-state index contributed by atoms with van der Waals surface area (Å²) < 4.78 is 0. The molecule has 76 valence electrons. The fourth-order valence-corrected chi connectivity index (χ4v) is 1.15. The molecule has 0 radical (unpaired) electrons. The van der Waals surface area contributed by atoms with Crippen molar-refractivity contribution in [3.8, 4) is 0 Å². The highest BCUT2D eigenvalue weighted by Gasteiger charge is 2.43. The highest BCUT2D eigenvalue weighted by molar-refractivity contribution is 5.96. The Morgan fingerprint density at radius 1 is 1.71 bits per heavy atom. The molecule has 6 nitrogen and oxygen atoms in total. The molecule has 0 spiro atoms. The Morgan fingerprint density at radius 3 is 2.71 bits per heavy atom. The van der Waals surface area contributed by atoms with E-state index in [1.807, 2.05) is 0 Å². The molecule has 6 heteroatoms. The molecule has 0 fully saturated rings. The quantitative estimate of drug-likeness (QED) is 0.346. The zero-order valence-electron chi connectivity index (χ0n) is 7.64. The summed E-state index contributed by atoms with van der Waals surface area (Å²) in [5, 5.41) is 10.7. The van der Waals surface area contributed by atoms with Crippen LogP contribution in [0.2, 0.25) is 0 Å². The fourth-order valence-electron chi connectivity index (χ4n) is 1.15. The van der Waals surface area contributed by atoms with Crippen LogP contribution in [-0.4, -0.2) is 22.4 Å². The van der Waals surface area contributed by atoms with E-state index in [1.54, 1.807) is 0 Å². The Kier molecular flexibility index (Phi) is 2.50. The minimum atomic E-state index is -1.88. The number of nitrogens with zero attached hydrogens (tertiary/aromatic N) is 1. The highest BCUT2D eigenvalue weighted by atomic mass is 16.6. The molecule has 4 N–H and O–H groups in total. The molecule has 0 aliphatic heterocycles. The Morgan fingerprint density at radius 2 is 2.29 bits per heavy atom. The van der Waals surface area contributed by atoms with Crippen LogP contribution in [0.1, 0.15) is 6.92 Å². The number of ketones is 1. The van der Waals surface area contributed by atoms with E-state index in [-0.39, 0.29) is 11.4 Å². The molecule has 14 heavy (non-hydrogen) atoms. The van der Waals surface area contributed by atoms with Gasteiger partial charge in [0.2, 0.25) is 0 Å². The third kappa shape index (κ3) is 1.57. The lowest BCUT2D eigenvalue weighted by atomic mass is 9.92. The zero-order chi connectivity index (χ0) is 10.9. The Bertz CT molecular complexity index is 348. The van der Waals surface area contributed by atoms with Crippen LogP contribution in [0.4, 0.5) is 0 Å². The molecule has 0 bridgehead atoms. The Hall–Kier alpha value is -1.53. The second-order valence-electron chi connectivity index (χ2n) is 3.19. The number of nitrogens with two attached hydrogens (primary N) is 2. The summed E-state index contributed by atoms with van der Waals surface area (Å²) in [6.07, 6.45) is 3.90. The van der Waals surface area contributed by atoms with Gasteiger partial charge in [0, 0.05) is 16.6 Å². The predicted octanol–water partition coefficient (Wildman–Crippen LogP) is -0.669. The van der Waals surface area contributed by atoms with Gasteiger partial charge in [0.05, 0.1) is 0 Å². The Balaban J connectivity index is 3.14. The van der Waals surface area contributed by atoms with E-state index in [0.29, 0.717) is 0 Å². The van der Waals surface area contributed by atoms with Crippen molar-refractivity contribution in [2.75, 3.05) is 0 Å². The summed E-state index contributed by atoms with van der Waals surface area (Å²) in [5.41, 5.74) is 9.27. The molecule has 1 aliphatic rings. The van der Waals surface area contributed by atoms with Gasteiger partial charge in [-0.15, -0.1) is 0 Å². The predicted molar refractivity (Wildman–Crippen MR) is 49.8 cm³/mol. The molecule has 0 heterocycles. The molecule has 2 unspecified atom stereocenters. The SMILES string of the molecule is CC(=O)C1=CC(N)([N+](=O)[O-])C(N)C=C1. The van der Waals surface area contributed by atoms with E-state index >= 15 is 0 Å². The van der Waals surface area contributed by atoms with E-state index in [9.17, 15) is 14.9 Å². The summed E-state index contributed by atoms with van der Waals surface area (Å²) in [5.74, 6) is -0.273. The number of hydrogen-bond donors (Lipinski definition) is 2. The van der Waals surface area contributed by atoms with Crippen LogP contribution in [0.15, 0.2) is 23.8 Å². The number of allylic oxidation sites excluding steroid dienone is 2. The summed E-state index contributed by atoms with van der Waals surface area (Å²) in [6, 6.07) is -0.916. The third-order valence-corrected chi connectivity index (χ3v) is 2.13. The third-order valence-electron chi connectivity index (χ3n) is 2.13. The fraction of sp³-hybridized carbons (Fsp3) is 0.375. The second kappa shape index (κ2) is 3.32. The number of hydrogen-bond acceptors (Lipinski definition) is 5. The molecule has 2 atom stereocenters. The molecular formula is C8H11N3O3. The van der Waals surface area contributed by atoms with E-state index in [4.69, 9.17) is 11.5 Å². The minimum absolute atomic E-state index is 0.214. The standard InChI is InChI=1S/C8H11N3O3/c1-5(12)6-2-3-7(9)8(10,4-6)11(13)14/h2-4,7H,9-10H2,1H3. The van der Waals surface area contributed by atoms with E-state index < -0.39 is 16.6 Å². The van der Waals surface area contributed by atoms with Gasteiger partial charge in [-0.1, -0.05) is 12.2 Å². The molecule has 0 amide bonds. The summed E-state index contributed by atoms with van der Waals surface area (Å²) >= 11 is 0. The molecule has 0 saturated heterocycles. The maximum absolute atomic E-state index is 11.0. The maximum Gasteiger partial charge on any atom is 0.310 e. The van der Waals surface area contributed by atoms with Crippen LogP contribution in [0.25, 0.3) is 0 Å². The first kappa shape index (κ1) is 10.6. The molecule has 0 aromatic heterocycles. The van der Waals surface area contributed by atoms with Gasteiger partial charge in [-0.25, -0.2) is 0 Å².